The van der Waals surface area contributed by atoms with E-state index < -0.39 is 52.2 Å². The monoisotopic (exact) mass is 694 g/mol. The predicted molar refractivity (Wildman–Crippen MR) is 170 cm³/mol. The Hall–Kier alpha value is -4.00. The molecule has 0 bridgehead atoms. The summed E-state index contributed by atoms with van der Waals surface area (Å²) in [4.78, 5) is 32.1. The van der Waals surface area contributed by atoms with Gasteiger partial charge in [0.1, 0.15) is 5.82 Å². The Morgan fingerprint density at radius 3 is 2.04 bits per heavy atom. The number of anilines is 1. The summed E-state index contributed by atoms with van der Waals surface area (Å²) in [6.45, 7) is 4.26. The van der Waals surface area contributed by atoms with Crippen LogP contribution in [0, 0.1) is 18.7 Å². The minimum Gasteiger partial charge on any atom is -0.481 e. The Kier molecular flexibility index (Phi) is 9.41. The lowest BCUT2D eigenvalue weighted by Gasteiger charge is -2.31. The minimum atomic E-state index is -5.09. The van der Waals surface area contributed by atoms with E-state index >= 15 is 0 Å². The van der Waals surface area contributed by atoms with Gasteiger partial charge in [-0.25, -0.2) is 4.39 Å². The first-order chi connectivity index (χ1) is 22.3. The molecular weight excluding hydrogens is 661 g/mol. The summed E-state index contributed by atoms with van der Waals surface area (Å²) in [5.74, 6) is -2.04. The van der Waals surface area contributed by atoms with E-state index in [9.17, 15) is 45.4 Å². The van der Waals surface area contributed by atoms with Gasteiger partial charge in [-0.15, -0.1) is 11.3 Å². The number of hydrogen-bond acceptors (Lipinski definition) is 4. The highest BCUT2D eigenvalue weighted by molar-refractivity contribution is 7.23. The van der Waals surface area contributed by atoms with Crippen LogP contribution >= 0.6 is 11.3 Å². The van der Waals surface area contributed by atoms with Crippen LogP contribution in [-0.2, 0) is 27.4 Å². The number of aromatic nitrogens is 1. The summed E-state index contributed by atoms with van der Waals surface area (Å²) in [7, 11) is 1.42. The number of nitrogens with zero attached hydrogens (tertiary/aromatic N) is 2. The molecule has 0 atom stereocenters. The summed E-state index contributed by atoms with van der Waals surface area (Å²) in [5, 5.41) is 9.83. The lowest BCUT2D eigenvalue weighted by molar-refractivity contribution is -0.143. The maximum Gasteiger partial charge on any atom is 0.416 e. The molecule has 2 heterocycles. The third kappa shape index (κ3) is 6.92. The zero-order valence-electron chi connectivity index (χ0n) is 26.5. The number of thiophene rings is 1. The quantitative estimate of drug-likeness (QED) is 0.196. The molecule has 0 spiro atoms. The molecule has 1 aliphatic carbocycles. The smallest absolute Gasteiger partial charge is 0.416 e. The summed E-state index contributed by atoms with van der Waals surface area (Å²) in [6.07, 6.45) is -5.73. The predicted octanol–water partition coefficient (Wildman–Crippen LogP) is 10.1. The van der Waals surface area contributed by atoms with Crippen molar-refractivity contribution in [3.8, 4) is 10.4 Å². The van der Waals surface area contributed by atoms with Crippen LogP contribution in [0.2, 0.25) is 0 Å². The Balaban J connectivity index is 1.64. The highest BCUT2D eigenvalue weighted by atomic mass is 32.1. The molecule has 48 heavy (non-hydrogen) atoms. The van der Waals surface area contributed by atoms with Crippen LogP contribution < -0.4 is 4.90 Å². The standard InChI is InChI=1S/C35H33F7N2O3S/c1-18-13-24(36)9-10-25(18)31-29(26-11-12-43-28(30(26)48-31)20-7-5-19(6-8-20)14-27(45)46)44(4)32(47)33(2,3)21-15-22(34(37,38)39)17-23(16-21)35(40,41)42/h9-13,15-17,19-20H,5-8,14H2,1-4H3,(H,45,46). The molecule has 1 N–H and O–H groups in total. The van der Waals surface area contributed by atoms with E-state index in [1.807, 2.05) is 0 Å². The van der Waals surface area contributed by atoms with Crippen LogP contribution in [0.15, 0.2) is 48.7 Å². The molecule has 2 aromatic heterocycles. The van der Waals surface area contributed by atoms with E-state index in [1.165, 1.54) is 49.3 Å². The van der Waals surface area contributed by atoms with Gasteiger partial charge in [0.2, 0.25) is 5.91 Å². The zero-order chi connectivity index (χ0) is 35.3. The van der Waals surface area contributed by atoms with Crippen molar-refractivity contribution in [2.45, 2.75) is 76.6 Å². The highest BCUT2D eigenvalue weighted by Crippen LogP contribution is 2.50. The van der Waals surface area contributed by atoms with Crippen molar-refractivity contribution in [2.24, 2.45) is 5.92 Å². The number of carbonyl (C=O) groups excluding carboxylic acids is 1. The maximum absolute atomic E-state index is 14.3. The van der Waals surface area contributed by atoms with Crippen molar-refractivity contribution in [2.75, 3.05) is 11.9 Å². The first kappa shape index (κ1) is 35.3. The third-order valence-corrected chi connectivity index (χ3v) is 10.5. The number of carbonyl (C=O) groups is 2. The van der Waals surface area contributed by atoms with Crippen LogP contribution in [0.4, 0.5) is 36.4 Å². The number of amides is 1. The van der Waals surface area contributed by atoms with Gasteiger partial charge in [-0.2, -0.15) is 26.3 Å². The van der Waals surface area contributed by atoms with Gasteiger partial charge in [0, 0.05) is 31.0 Å². The molecule has 0 radical (unpaired) electrons. The van der Waals surface area contributed by atoms with Crippen LogP contribution in [0.5, 0.6) is 0 Å². The van der Waals surface area contributed by atoms with E-state index in [1.54, 1.807) is 25.3 Å². The van der Waals surface area contributed by atoms with Crippen molar-refractivity contribution in [1.82, 2.24) is 4.98 Å². The molecule has 1 aliphatic rings. The number of halogens is 7. The Bertz CT molecular complexity index is 1840. The number of hydrogen-bond donors (Lipinski definition) is 1. The molecule has 5 rings (SSSR count). The van der Waals surface area contributed by atoms with Crippen LogP contribution in [-0.4, -0.2) is 29.0 Å². The molecule has 1 amide bonds. The summed E-state index contributed by atoms with van der Waals surface area (Å²) < 4.78 is 97.3. The molecule has 2 aromatic carbocycles. The zero-order valence-corrected chi connectivity index (χ0v) is 27.3. The van der Waals surface area contributed by atoms with E-state index in [0.717, 1.165) is 10.4 Å². The van der Waals surface area contributed by atoms with Gasteiger partial charge < -0.3 is 10.0 Å². The normalized spacial score (nSPS) is 17.5. The summed E-state index contributed by atoms with van der Waals surface area (Å²) in [6, 6.07) is 7.03. The molecule has 0 saturated heterocycles. The summed E-state index contributed by atoms with van der Waals surface area (Å²) >= 11 is 1.32. The largest absolute Gasteiger partial charge is 0.481 e. The number of likely N-dealkylation sites (N-methyl/N-ethyl adjacent to an activating group) is 1. The van der Waals surface area contributed by atoms with Gasteiger partial charge in [0.25, 0.3) is 0 Å². The molecule has 256 valence electrons. The Morgan fingerprint density at radius 1 is 0.917 bits per heavy atom. The maximum atomic E-state index is 14.3. The molecule has 4 aromatic rings. The lowest BCUT2D eigenvalue weighted by Crippen LogP contribution is -2.42. The van der Waals surface area contributed by atoms with Gasteiger partial charge in [-0.3, -0.25) is 14.6 Å². The second-order valence-corrected chi connectivity index (χ2v) is 13.9. The Morgan fingerprint density at radius 2 is 1.50 bits per heavy atom. The number of alkyl halides is 6. The van der Waals surface area contributed by atoms with Gasteiger partial charge >= 0.3 is 18.3 Å². The molecule has 1 fully saturated rings. The fourth-order valence-corrected chi connectivity index (χ4v) is 8.05. The number of carboxylic acid groups (broad SMARTS) is 1. The van der Waals surface area contributed by atoms with Gasteiger partial charge in [-0.05, 0) is 105 Å². The van der Waals surface area contributed by atoms with Crippen molar-refractivity contribution in [3.63, 3.8) is 0 Å². The fraction of sp³-hybridized carbons (Fsp3) is 0.400. The number of benzene rings is 2. The van der Waals surface area contributed by atoms with E-state index in [4.69, 9.17) is 0 Å². The summed E-state index contributed by atoms with van der Waals surface area (Å²) in [5.41, 5.74) is -3.07. The van der Waals surface area contributed by atoms with Crippen molar-refractivity contribution < 1.29 is 45.4 Å². The average Bonchev–Trinajstić information content (AvgIpc) is 3.38. The topological polar surface area (TPSA) is 70.5 Å². The van der Waals surface area contributed by atoms with Crippen LogP contribution in [0.25, 0.3) is 20.5 Å². The lowest BCUT2D eigenvalue weighted by atomic mass is 9.79. The number of rotatable bonds is 7. The number of carboxylic acids is 1. The van der Waals surface area contributed by atoms with Crippen molar-refractivity contribution in [1.29, 1.82) is 0 Å². The van der Waals surface area contributed by atoms with Crippen molar-refractivity contribution >= 4 is 39.0 Å². The van der Waals surface area contributed by atoms with Crippen LogP contribution in [0.1, 0.15) is 79.8 Å². The molecule has 1 saturated carbocycles. The minimum absolute atomic E-state index is 0.00393. The van der Waals surface area contributed by atoms with Crippen molar-refractivity contribution in [3.05, 3.63) is 82.4 Å². The first-order valence-electron chi connectivity index (χ1n) is 15.3. The average molecular weight is 695 g/mol. The molecule has 13 heteroatoms. The first-order valence-corrected chi connectivity index (χ1v) is 16.1. The SMILES string of the molecule is Cc1cc(F)ccc1-c1sc2c(C3CCC(CC(=O)O)CC3)nccc2c1N(C)C(=O)C(C)(C)c1cc(C(F)(F)F)cc(C(F)(F)F)c1. The number of aryl methyl sites for hydroxylation is 1. The number of aliphatic carboxylic acids is 1. The van der Waals surface area contributed by atoms with Gasteiger partial charge in [0.05, 0.1) is 37.5 Å². The van der Waals surface area contributed by atoms with Gasteiger partial charge in [-0.1, -0.05) is 6.07 Å². The van der Waals surface area contributed by atoms with Gasteiger partial charge in [0.15, 0.2) is 0 Å². The Labute approximate surface area is 276 Å². The highest BCUT2D eigenvalue weighted by Gasteiger charge is 2.42. The molecule has 0 aliphatic heterocycles. The second-order valence-electron chi connectivity index (χ2n) is 12.9. The second kappa shape index (κ2) is 12.8. The van der Waals surface area contributed by atoms with E-state index in [0.29, 0.717) is 64.9 Å². The molecular formula is C35H33F7N2O3S. The van der Waals surface area contributed by atoms with E-state index in [2.05, 4.69) is 4.98 Å². The molecule has 5 nitrogen and oxygen atoms in total. The number of fused-ring (bicyclic) bond motifs is 1. The van der Waals surface area contributed by atoms with Crippen LogP contribution in [0.3, 0.4) is 0 Å². The molecule has 0 unspecified atom stereocenters. The third-order valence-electron chi connectivity index (χ3n) is 9.22. The number of pyridine rings is 1. The fourth-order valence-electron chi connectivity index (χ4n) is 6.57. The van der Waals surface area contributed by atoms with E-state index in [-0.39, 0.29) is 24.3 Å².